The fourth-order valence-corrected chi connectivity index (χ4v) is 5.27. The van der Waals surface area contributed by atoms with Gasteiger partial charge in [0.25, 0.3) is 0 Å². The van der Waals surface area contributed by atoms with Crippen LogP contribution in [-0.2, 0) is 35.1 Å². The number of carbonyl (C=O) groups excluding carboxylic acids is 5. The van der Waals surface area contributed by atoms with E-state index in [0.29, 0.717) is 24.3 Å². The molecule has 0 saturated carbocycles. The predicted octanol–water partition coefficient (Wildman–Crippen LogP) is 9.17. The first-order valence-electron chi connectivity index (χ1n) is 18.8. The van der Waals surface area contributed by atoms with E-state index in [-0.39, 0.29) is 52.9 Å². The van der Waals surface area contributed by atoms with Crippen molar-refractivity contribution < 1.29 is 52.4 Å². The van der Waals surface area contributed by atoms with Gasteiger partial charge in [0.1, 0.15) is 23.0 Å². The molecule has 0 N–H and O–H groups in total. The third kappa shape index (κ3) is 13.9. The molecule has 0 radical (unpaired) electrons. The topological polar surface area (TPSA) is 141 Å². The summed E-state index contributed by atoms with van der Waals surface area (Å²) in [5, 5.41) is 0. The van der Waals surface area contributed by atoms with Crippen molar-refractivity contribution in [2.24, 2.45) is 5.92 Å². The molecule has 0 heterocycles. The number of aryl methyl sites for hydroxylation is 2. The molecule has 0 bridgehead atoms. The van der Waals surface area contributed by atoms with E-state index < -0.39 is 29.8 Å². The summed E-state index contributed by atoms with van der Waals surface area (Å²) in [6.07, 6.45) is 4.19. The van der Waals surface area contributed by atoms with Gasteiger partial charge in [-0.2, -0.15) is 0 Å². The maximum atomic E-state index is 12.7. The van der Waals surface area contributed by atoms with Crippen LogP contribution in [0.2, 0.25) is 0 Å². The standard InChI is InChI=1S/C48H48O11/c1-9-36-27-39(17-21-43(36)54-25-24-35(28-55-45(50)30(2)3)29-56-46(51)31(4)5)37-13-10-34(11-14-37)12-23-44(49)59-42-22-20-41(26-33(42)8)58-48(53)38-15-18-40(19-16-38)57-47(52)32(6)7/h10-23,26-27,35H,2,4,6,9,24-25,28-29H2,1,3,5,7-8H3/b23-12+. The van der Waals surface area contributed by atoms with Crippen LogP contribution in [0.25, 0.3) is 17.2 Å². The van der Waals surface area contributed by atoms with Gasteiger partial charge in [0.15, 0.2) is 0 Å². The van der Waals surface area contributed by atoms with Crippen molar-refractivity contribution in [3.05, 3.63) is 150 Å². The average molecular weight is 801 g/mol. The summed E-state index contributed by atoms with van der Waals surface area (Å²) in [6, 6.07) is 24.2. The van der Waals surface area contributed by atoms with E-state index in [4.69, 9.17) is 28.4 Å². The fourth-order valence-electron chi connectivity index (χ4n) is 5.27. The lowest BCUT2D eigenvalue weighted by Crippen LogP contribution is -2.23. The normalized spacial score (nSPS) is 10.7. The number of benzene rings is 4. The maximum absolute atomic E-state index is 12.7. The maximum Gasteiger partial charge on any atom is 0.343 e. The summed E-state index contributed by atoms with van der Waals surface area (Å²) in [6.45, 7) is 19.6. The smallest absolute Gasteiger partial charge is 0.343 e. The molecule has 0 aromatic heterocycles. The summed E-state index contributed by atoms with van der Waals surface area (Å²) in [5.74, 6) is -1.49. The molecule has 4 aromatic rings. The van der Waals surface area contributed by atoms with Crippen LogP contribution in [0.1, 0.15) is 61.2 Å². The van der Waals surface area contributed by atoms with Gasteiger partial charge in [0, 0.05) is 28.7 Å². The van der Waals surface area contributed by atoms with Gasteiger partial charge in [-0.15, -0.1) is 0 Å². The lowest BCUT2D eigenvalue weighted by atomic mass is 10.00. The molecule has 4 aromatic carbocycles. The van der Waals surface area contributed by atoms with Gasteiger partial charge >= 0.3 is 29.8 Å². The zero-order chi connectivity index (χ0) is 43.1. The first kappa shape index (κ1) is 44.7. The fraction of sp³-hybridized carbons (Fsp3) is 0.229. The average Bonchev–Trinajstić information content (AvgIpc) is 3.21. The molecule has 4 rings (SSSR count). The van der Waals surface area contributed by atoms with Crippen LogP contribution < -0.4 is 18.9 Å². The van der Waals surface area contributed by atoms with E-state index in [9.17, 15) is 24.0 Å². The van der Waals surface area contributed by atoms with Crippen molar-refractivity contribution in [1.29, 1.82) is 0 Å². The minimum Gasteiger partial charge on any atom is -0.493 e. The molecular weight excluding hydrogens is 753 g/mol. The lowest BCUT2D eigenvalue weighted by Gasteiger charge is -2.18. The van der Waals surface area contributed by atoms with Gasteiger partial charge in [0.2, 0.25) is 0 Å². The largest absolute Gasteiger partial charge is 0.493 e. The molecular formula is C48H48O11. The van der Waals surface area contributed by atoms with Gasteiger partial charge in [-0.3, -0.25) is 0 Å². The summed E-state index contributed by atoms with van der Waals surface area (Å²) >= 11 is 0. The van der Waals surface area contributed by atoms with Gasteiger partial charge in [-0.05, 0) is 129 Å². The molecule has 0 fully saturated rings. The van der Waals surface area contributed by atoms with Crippen LogP contribution >= 0.6 is 0 Å². The molecule has 0 spiro atoms. The highest BCUT2D eigenvalue weighted by atomic mass is 16.6. The van der Waals surface area contributed by atoms with Gasteiger partial charge in [0.05, 0.1) is 25.4 Å². The minimum atomic E-state index is -0.613. The molecule has 11 heteroatoms. The van der Waals surface area contributed by atoms with Gasteiger partial charge in [-0.1, -0.05) is 57.0 Å². The van der Waals surface area contributed by atoms with Crippen LogP contribution in [0, 0.1) is 12.8 Å². The highest BCUT2D eigenvalue weighted by molar-refractivity contribution is 5.92. The first-order valence-corrected chi connectivity index (χ1v) is 18.8. The van der Waals surface area contributed by atoms with Gasteiger partial charge < -0.3 is 28.4 Å². The number of ether oxygens (including phenoxy) is 6. The van der Waals surface area contributed by atoms with Crippen LogP contribution in [-0.4, -0.2) is 49.7 Å². The van der Waals surface area contributed by atoms with Crippen molar-refractivity contribution >= 4 is 35.9 Å². The Labute approximate surface area is 344 Å². The lowest BCUT2D eigenvalue weighted by molar-refractivity contribution is -0.144. The molecule has 11 nitrogen and oxygen atoms in total. The van der Waals surface area contributed by atoms with E-state index in [2.05, 4.69) is 25.8 Å². The number of rotatable bonds is 19. The zero-order valence-corrected chi connectivity index (χ0v) is 34.0. The Balaban J connectivity index is 1.30. The molecule has 59 heavy (non-hydrogen) atoms. The second-order valence-electron chi connectivity index (χ2n) is 13.8. The third-order valence-electron chi connectivity index (χ3n) is 8.69. The van der Waals surface area contributed by atoms with Crippen molar-refractivity contribution in [2.75, 3.05) is 19.8 Å². The Kier molecular flexibility index (Phi) is 16.3. The van der Waals surface area contributed by atoms with Crippen molar-refractivity contribution in [3.63, 3.8) is 0 Å². The predicted molar refractivity (Wildman–Crippen MR) is 224 cm³/mol. The van der Waals surface area contributed by atoms with Crippen LogP contribution in [0.4, 0.5) is 0 Å². The number of carbonyl (C=O) groups is 5. The molecule has 0 aliphatic carbocycles. The highest BCUT2D eigenvalue weighted by Crippen LogP contribution is 2.29. The quantitative estimate of drug-likeness (QED) is 0.0509. The number of hydrogen-bond acceptors (Lipinski definition) is 11. The SMILES string of the molecule is C=C(C)C(=O)OCC(CCOc1ccc(-c2ccc(/C=C/C(=O)Oc3ccc(OC(=O)c4ccc(OC(=O)C(=C)C)cc4)cc3C)cc2)cc1CC)COC(=O)C(=C)C. The Morgan fingerprint density at radius 1 is 0.644 bits per heavy atom. The molecule has 306 valence electrons. The Morgan fingerprint density at radius 2 is 1.22 bits per heavy atom. The Hall–Kier alpha value is -7.01. The Bertz CT molecular complexity index is 2220. The molecule has 0 aliphatic heterocycles. The van der Waals surface area contributed by atoms with E-state index in [1.165, 1.54) is 43.3 Å². The van der Waals surface area contributed by atoms with Crippen LogP contribution in [0.15, 0.2) is 127 Å². The highest BCUT2D eigenvalue weighted by Gasteiger charge is 2.17. The first-order chi connectivity index (χ1) is 28.1. The van der Waals surface area contributed by atoms with Gasteiger partial charge in [-0.25, -0.2) is 24.0 Å². The van der Waals surface area contributed by atoms with E-state index in [0.717, 1.165) is 34.4 Å². The third-order valence-corrected chi connectivity index (χ3v) is 8.69. The number of hydrogen-bond donors (Lipinski definition) is 0. The second kappa shape index (κ2) is 21.5. The van der Waals surface area contributed by atoms with E-state index in [1.54, 1.807) is 39.0 Å². The molecule has 0 amide bonds. The summed E-state index contributed by atoms with van der Waals surface area (Å²) in [4.78, 5) is 61.0. The van der Waals surface area contributed by atoms with E-state index in [1.807, 2.05) is 43.3 Å². The van der Waals surface area contributed by atoms with E-state index >= 15 is 0 Å². The summed E-state index contributed by atoms with van der Waals surface area (Å²) in [5.41, 5.74) is 5.41. The minimum absolute atomic E-state index is 0.0526. The molecule has 0 unspecified atom stereocenters. The molecule has 0 atom stereocenters. The zero-order valence-electron chi connectivity index (χ0n) is 34.0. The monoisotopic (exact) mass is 800 g/mol. The molecule has 0 aliphatic rings. The number of esters is 5. The molecule has 0 saturated heterocycles. The summed E-state index contributed by atoms with van der Waals surface area (Å²) < 4.78 is 32.9. The summed E-state index contributed by atoms with van der Waals surface area (Å²) in [7, 11) is 0. The van der Waals surface area contributed by atoms with Crippen molar-refractivity contribution in [3.8, 4) is 34.1 Å². The van der Waals surface area contributed by atoms with Crippen molar-refractivity contribution in [2.45, 2.75) is 47.5 Å². The van der Waals surface area contributed by atoms with Crippen LogP contribution in [0.5, 0.6) is 23.0 Å². The van der Waals surface area contributed by atoms with Crippen molar-refractivity contribution in [1.82, 2.24) is 0 Å². The Morgan fingerprint density at radius 3 is 1.80 bits per heavy atom. The van der Waals surface area contributed by atoms with Crippen LogP contribution in [0.3, 0.4) is 0 Å². The second-order valence-corrected chi connectivity index (χ2v) is 13.8.